The van der Waals surface area contributed by atoms with Crippen LogP contribution in [0.25, 0.3) is 22.2 Å². The van der Waals surface area contributed by atoms with E-state index in [1.165, 1.54) is 6.07 Å². The minimum Gasteiger partial charge on any atom is -0.330 e. The van der Waals surface area contributed by atoms with Gasteiger partial charge in [0, 0.05) is 41.9 Å². The van der Waals surface area contributed by atoms with Gasteiger partial charge in [-0.2, -0.15) is 5.10 Å². The fourth-order valence-electron chi connectivity index (χ4n) is 4.63. The Labute approximate surface area is 180 Å². The molecule has 2 aromatic heterocycles. The normalized spacial score (nSPS) is 15.9. The molecule has 5 nitrogen and oxygen atoms in total. The predicted molar refractivity (Wildman–Crippen MR) is 118 cm³/mol. The smallest absolute Gasteiger partial charge is 0.254 e. The number of halogens is 1. The highest BCUT2D eigenvalue weighted by molar-refractivity contribution is 5.98. The van der Waals surface area contributed by atoms with Gasteiger partial charge in [-0.3, -0.25) is 14.5 Å². The molecule has 3 heterocycles. The highest BCUT2D eigenvalue weighted by Gasteiger charge is 2.33. The zero-order valence-electron chi connectivity index (χ0n) is 17.8. The van der Waals surface area contributed by atoms with Crippen LogP contribution in [0.15, 0.2) is 54.7 Å². The van der Waals surface area contributed by atoms with Crippen LogP contribution < -0.4 is 0 Å². The van der Waals surface area contributed by atoms with Gasteiger partial charge in [0.1, 0.15) is 5.82 Å². The van der Waals surface area contributed by atoms with Crippen molar-refractivity contribution in [3.05, 3.63) is 82.9 Å². The number of amides is 1. The van der Waals surface area contributed by atoms with Gasteiger partial charge in [0.2, 0.25) is 0 Å². The van der Waals surface area contributed by atoms with E-state index in [0.717, 1.165) is 39.0 Å². The largest absolute Gasteiger partial charge is 0.330 e. The van der Waals surface area contributed by atoms with Crippen LogP contribution in [-0.2, 0) is 13.5 Å². The summed E-state index contributed by atoms with van der Waals surface area (Å²) in [6, 6.07) is 14.3. The summed E-state index contributed by atoms with van der Waals surface area (Å²) in [6.07, 6.45) is 2.43. The number of benzene rings is 2. The van der Waals surface area contributed by atoms with Gasteiger partial charge in [0.25, 0.3) is 5.91 Å². The van der Waals surface area contributed by atoms with Gasteiger partial charge >= 0.3 is 0 Å². The molecule has 0 unspecified atom stereocenters. The van der Waals surface area contributed by atoms with E-state index in [9.17, 15) is 9.18 Å². The third-order valence-electron chi connectivity index (χ3n) is 6.07. The number of nitrogens with zero attached hydrogens (tertiary/aromatic N) is 4. The molecule has 156 valence electrons. The molecule has 0 fully saturated rings. The molecule has 0 bridgehead atoms. The average Bonchev–Trinajstić information content (AvgIpc) is 3.09. The van der Waals surface area contributed by atoms with Crippen LogP contribution in [0.4, 0.5) is 4.39 Å². The molecule has 1 aliphatic rings. The summed E-state index contributed by atoms with van der Waals surface area (Å²) in [6.45, 7) is 4.48. The van der Waals surface area contributed by atoms with Gasteiger partial charge in [-0.05, 0) is 68.3 Å². The van der Waals surface area contributed by atoms with E-state index in [2.05, 4.69) is 4.98 Å². The van der Waals surface area contributed by atoms with Crippen LogP contribution >= 0.6 is 0 Å². The lowest BCUT2D eigenvalue weighted by Gasteiger charge is -2.33. The van der Waals surface area contributed by atoms with Gasteiger partial charge in [0.05, 0.1) is 22.9 Å². The maximum Gasteiger partial charge on any atom is 0.254 e. The van der Waals surface area contributed by atoms with Crippen molar-refractivity contribution < 1.29 is 9.18 Å². The molecule has 1 aliphatic heterocycles. The molecule has 6 heteroatoms. The summed E-state index contributed by atoms with van der Waals surface area (Å²) in [5.41, 5.74) is 6.10. The van der Waals surface area contributed by atoms with Crippen LogP contribution in [0.1, 0.15) is 40.1 Å². The van der Waals surface area contributed by atoms with Crippen LogP contribution in [0.5, 0.6) is 0 Å². The standard InChI is InChI=1S/C25H23FN4O/c1-15-11-19(14-20(26)12-15)24-21-8-10-30(16(2)23(21)28-29(24)3)25(31)18-6-7-22-17(13-18)5-4-9-27-22/h4-7,9,11-14,16H,8,10H2,1-3H3/t16-/m0/s1. The Morgan fingerprint density at radius 1 is 1.16 bits per heavy atom. The number of rotatable bonds is 2. The minimum atomic E-state index is -0.253. The summed E-state index contributed by atoms with van der Waals surface area (Å²) in [5, 5.41) is 5.68. The van der Waals surface area contributed by atoms with Crippen molar-refractivity contribution in [3.8, 4) is 11.3 Å². The zero-order chi connectivity index (χ0) is 21.7. The van der Waals surface area contributed by atoms with Gasteiger partial charge in [0.15, 0.2) is 0 Å². The number of aryl methyl sites for hydroxylation is 2. The Hall–Kier alpha value is -3.54. The fraction of sp³-hybridized carbons (Fsp3) is 0.240. The number of pyridine rings is 1. The summed E-state index contributed by atoms with van der Waals surface area (Å²) in [4.78, 5) is 19.5. The maximum atomic E-state index is 14.0. The van der Waals surface area contributed by atoms with Gasteiger partial charge < -0.3 is 4.90 Å². The first-order valence-electron chi connectivity index (χ1n) is 10.4. The number of fused-ring (bicyclic) bond motifs is 2. The van der Waals surface area contributed by atoms with E-state index >= 15 is 0 Å². The molecule has 31 heavy (non-hydrogen) atoms. The van der Waals surface area contributed by atoms with Crippen molar-refractivity contribution in [2.75, 3.05) is 6.54 Å². The Morgan fingerprint density at radius 3 is 2.81 bits per heavy atom. The number of carbonyl (C=O) groups excluding carboxylic acids is 1. The van der Waals surface area contributed by atoms with Crippen LogP contribution in [0.3, 0.4) is 0 Å². The third kappa shape index (κ3) is 3.28. The SMILES string of the molecule is Cc1cc(F)cc(-c2c3c(nn2C)[C@H](C)N(C(=O)c2ccc4ncccc4c2)CC3)c1. The van der Waals surface area contributed by atoms with Crippen molar-refractivity contribution in [1.29, 1.82) is 0 Å². The van der Waals surface area contributed by atoms with E-state index in [1.807, 2.05) is 66.9 Å². The lowest BCUT2D eigenvalue weighted by molar-refractivity contribution is 0.0674. The van der Waals surface area contributed by atoms with Crippen molar-refractivity contribution in [2.24, 2.45) is 7.05 Å². The van der Waals surface area contributed by atoms with Crippen molar-refractivity contribution in [2.45, 2.75) is 26.3 Å². The Bertz CT molecular complexity index is 1310. The first kappa shape index (κ1) is 19.4. The molecule has 0 saturated heterocycles. The van der Waals surface area contributed by atoms with Crippen molar-refractivity contribution in [3.63, 3.8) is 0 Å². The topological polar surface area (TPSA) is 51.0 Å². The summed E-state index contributed by atoms with van der Waals surface area (Å²) < 4.78 is 15.9. The summed E-state index contributed by atoms with van der Waals surface area (Å²) in [7, 11) is 1.88. The third-order valence-corrected chi connectivity index (χ3v) is 6.07. The molecule has 0 spiro atoms. The monoisotopic (exact) mass is 414 g/mol. The number of aromatic nitrogens is 3. The van der Waals surface area contributed by atoms with Crippen LogP contribution in [-0.4, -0.2) is 32.1 Å². The second-order valence-corrected chi connectivity index (χ2v) is 8.19. The summed E-state index contributed by atoms with van der Waals surface area (Å²) in [5.74, 6) is -0.269. The molecular weight excluding hydrogens is 391 g/mol. The fourth-order valence-corrected chi connectivity index (χ4v) is 4.63. The Kier molecular flexibility index (Phi) is 4.58. The molecule has 1 amide bonds. The minimum absolute atomic E-state index is 0.0160. The zero-order valence-corrected chi connectivity index (χ0v) is 17.8. The average molecular weight is 414 g/mol. The molecule has 0 aliphatic carbocycles. The molecule has 0 N–H and O–H groups in total. The number of hydrogen-bond acceptors (Lipinski definition) is 3. The molecule has 0 radical (unpaired) electrons. The van der Waals surface area contributed by atoms with E-state index in [4.69, 9.17) is 5.10 Å². The van der Waals surface area contributed by atoms with E-state index in [-0.39, 0.29) is 17.8 Å². The first-order valence-corrected chi connectivity index (χ1v) is 10.4. The highest BCUT2D eigenvalue weighted by Crippen LogP contribution is 2.36. The Balaban J connectivity index is 1.50. The van der Waals surface area contributed by atoms with Gasteiger partial charge in [-0.25, -0.2) is 4.39 Å². The van der Waals surface area contributed by atoms with Crippen molar-refractivity contribution >= 4 is 16.8 Å². The highest BCUT2D eigenvalue weighted by atomic mass is 19.1. The number of carbonyl (C=O) groups is 1. The maximum absolute atomic E-state index is 14.0. The second kappa shape index (κ2) is 7.30. The first-order chi connectivity index (χ1) is 14.9. The van der Waals surface area contributed by atoms with E-state index in [1.54, 1.807) is 12.3 Å². The van der Waals surface area contributed by atoms with Crippen LogP contribution in [0, 0.1) is 12.7 Å². The molecular formula is C25H23FN4O. The van der Waals surface area contributed by atoms with Crippen molar-refractivity contribution in [1.82, 2.24) is 19.7 Å². The Morgan fingerprint density at radius 2 is 2.00 bits per heavy atom. The predicted octanol–water partition coefficient (Wildman–Crippen LogP) is 4.84. The molecule has 5 rings (SSSR count). The van der Waals surface area contributed by atoms with Gasteiger partial charge in [-0.1, -0.05) is 6.07 Å². The van der Waals surface area contributed by atoms with Crippen LogP contribution in [0.2, 0.25) is 0 Å². The van der Waals surface area contributed by atoms with Gasteiger partial charge in [-0.15, -0.1) is 0 Å². The number of hydrogen-bond donors (Lipinski definition) is 0. The van der Waals surface area contributed by atoms with E-state index < -0.39 is 0 Å². The lowest BCUT2D eigenvalue weighted by Crippen LogP contribution is -2.38. The molecule has 4 aromatic rings. The van der Waals surface area contributed by atoms with E-state index in [0.29, 0.717) is 18.5 Å². The molecule has 1 atom stereocenters. The second-order valence-electron chi connectivity index (χ2n) is 8.19. The quantitative estimate of drug-likeness (QED) is 0.472. The lowest BCUT2D eigenvalue weighted by atomic mass is 9.94. The summed E-state index contributed by atoms with van der Waals surface area (Å²) >= 11 is 0. The molecule has 0 saturated carbocycles. The molecule has 2 aromatic carbocycles.